The van der Waals surface area contributed by atoms with Gasteiger partial charge in [0, 0.05) is 19.2 Å². The van der Waals surface area contributed by atoms with Gasteiger partial charge in [0.25, 0.3) is 5.91 Å². The molecule has 1 aromatic carbocycles. The van der Waals surface area contributed by atoms with Crippen LogP contribution in [-0.2, 0) is 18.3 Å². The SMILES string of the molecule is CC(C)c1cc(C(=O)N[C@H](C(=O)O)c2ccc3c(c2)CCO3)nn1C. The van der Waals surface area contributed by atoms with E-state index < -0.39 is 17.9 Å². The molecule has 0 spiro atoms. The molecule has 7 nitrogen and oxygen atoms in total. The van der Waals surface area contributed by atoms with Gasteiger partial charge in [-0.25, -0.2) is 4.79 Å². The highest BCUT2D eigenvalue weighted by Gasteiger charge is 2.26. The van der Waals surface area contributed by atoms with E-state index in [0.29, 0.717) is 12.2 Å². The summed E-state index contributed by atoms with van der Waals surface area (Å²) in [5, 5.41) is 16.3. The van der Waals surface area contributed by atoms with E-state index in [2.05, 4.69) is 10.4 Å². The van der Waals surface area contributed by atoms with Crippen molar-refractivity contribution in [3.8, 4) is 5.75 Å². The Labute approximate surface area is 145 Å². The fourth-order valence-electron chi connectivity index (χ4n) is 3.01. The molecule has 3 rings (SSSR count). The normalized spacial score (nSPS) is 14.1. The molecule has 132 valence electrons. The first-order chi connectivity index (χ1) is 11.9. The van der Waals surface area contributed by atoms with Crippen molar-refractivity contribution in [3.05, 3.63) is 46.8 Å². The number of aliphatic carboxylic acids is 1. The Balaban J connectivity index is 1.83. The molecule has 0 aliphatic carbocycles. The molecule has 2 aromatic rings. The minimum absolute atomic E-state index is 0.210. The lowest BCUT2D eigenvalue weighted by Gasteiger charge is -2.15. The molecular weight excluding hydrogens is 322 g/mol. The third-order valence-electron chi connectivity index (χ3n) is 4.31. The summed E-state index contributed by atoms with van der Waals surface area (Å²) in [5.41, 5.74) is 2.59. The summed E-state index contributed by atoms with van der Waals surface area (Å²) in [6.07, 6.45) is 0.738. The highest BCUT2D eigenvalue weighted by atomic mass is 16.5. The van der Waals surface area contributed by atoms with Crippen LogP contribution in [0.25, 0.3) is 0 Å². The molecule has 0 unspecified atom stereocenters. The largest absolute Gasteiger partial charge is 0.493 e. The average molecular weight is 343 g/mol. The topological polar surface area (TPSA) is 93.5 Å². The lowest BCUT2D eigenvalue weighted by molar-refractivity contribution is -0.139. The number of carbonyl (C=O) groups is 2. The van der Waals surface area contributed by atoms with E-state index in [4.69, 9.17) is 4.74 Å². The average Bonchev–Trinajstić information content (AvgIpc) is 3.17. The van der Waals surface area contributed by atoms with Crippen molar-refractivity contribution in [2.45, 2.75) is 32.2 Å². The van der Waals surface area contributed by atoms with Crippen LogP contribution < -0.4 is 10.1 Å². The number of aryl methyl sites for hydroxylation is 1. The van der Waals surface area contributed by atoms with E-state index in [-0.39, 0.29) is 11.6 Å². The van der Waals surface area contributed by atoms with Gasteiger partial charge in [-0.1, -0.05) is 19.9 Å². The molecule has 0 saturated heterocycles. The lowest BCUT2D eigenvalue weighted by atomic mass is 10.0. The van der Waals surface area contributed by atoms with E-state index in [0.717, 1.165) is 23.4 Å². The summed E-state index contributed by atoms with van der Waals surface area (Å²) in [7, 11) is 1.77. The van der Waals surface area contributed by atoms with Crippen LogP contribution in [-0.4, -0.2) is 33.4 Å². The zero-order valence-electron chi connectivity index (χ0n) is 14.4. The zero-order valence-corrected chi connectivity index (χ0v) is 14.4. The van der Waals surface area contributed by atoms with Crippen LogP contribution >= 0.6 is 0 Å². The molecule has 1 amide bonds. The number of rotatable bonds is 5. The third kappa shape index (κ3) is 3.35. The molecular formula is C18H21N3O4. The van der Waals surface area contributed by atoms with Crippen molar-refractivity contribution in [1.82, 2.24) is 15.1 Å². The van der Waals surface area contributed by atoms with Gasteiger partial charge in [0.15, 0.2) is 6.04 Å². The van der Waals surface area contributed by atoms with E-state index in [9.17, 15) is 14.7 Å². The van der Waals surface area contributed by atoms with Gasteiger partial charge in [0.1, 0.15) is 11.4 Å². The summed E-state index contributed by atoms with van der Waals surface area (Å²) in [5.74, 6) is -0.643. The van der Waals surface area contributed by atoms with Gasteiger partial charge >= 0.3 is 5.97 Å². The Morgan fingerprint density at radius 2 is 2.08 bits per heavy atom. The molecule has 2 heterocycles. The molecule has 7 heteroatoms. The van der Waals surface area contributed by atoms with Crippen molar-refractivity contribution < 1.29 is 19.4 Å². The van der Waals surface area contributed by atoms with Gasteiger partial charge in [-0.2, -0.15) is 5.10 Å². The number of carboxylic acids is 1. The Kier molecular flexibility index (Phi) is 4.48. The fraction of sp³-hybridized carbons (Fsp3) is 0.389. The van der Waals surface area contributed by atoms with Crippen molar-refractivity contribution in [1.29, 1.82) is 0 Å². The minimum atomic E-state index is -1.14. The molecule has 0 saturated carbocycles. The summed E-state index contributed by atoms with van der Waals surface area (Å²) < 4.78 is 7.08. The van der Waals surface area contributed by atoms with E-state index >= 15 is 0 Å². The Hall–Kier alpha value is -2.83. The molecule has 1 aliphatic rings. The van der Waals surface area contributed by atoms with Crippen LogP contribution in [0.2, 0.25) is 0 Å². The maximum absolute atomic E-state index is 12.5. The summed E-state index contributed by atoms with van der Waals surface area (Å²) in [4.78, 5) is 24.2. The van der Waals surface area contributed by atoms with Crippen LogP contribution in [0.5, 0.6) is 5.75 Å². The van der Waals surface area contributed by atoms with Crippen LogP contribution in [0, 0.1) is 0 Å². The Bertz CT molecular complexity index is 826. The van der Waals surface area contributed by atoms with E-state index in [1.54, 1.807) is 36.0 Å². The number of aromatic nitrogens is 2. The molecule has 1 atom stereocenters. The van der Waals surface area contributed by atoms with Crippen LogP contribution in [0.3, 0.4) is 0 Å². The first-order valence-electron chi connectivity index (χ1n) is 8.20. The number of carboxylic acid groups (broad SMARTS) is 1. The van der Waals surface area contributed by atoms with Gasteiger partial charge in [0.2, 0.25) is 0 Å². The molecule has 1 aromatic heterocycles. The number of amides is 1. The second-order valence-electron chi connectivity index (χ2n) is 6.44. The number of nitrogens with zero attached hydrogens (tertiary/aromatic N) is 2. The summed E-state index contributed by atoms with van der Waals surface area (Å²) >= 11 is 0. The summed E-state index contributed by atoms with van der Waals surface area (Å²) in [6.45, 7) is 4.60. The van der Waals surface area contributed by atoms with Crippen LogP contribution in [0.1, 0.15) is 53.1 Å². The van der Waals surface area contributed by atoms with Gasteiger partial charge in [-0.05, 0) is 35.2 Å². The second kappa shape index (κ2) is 6.58. The number of ether oxygens (including phenoxy) is 1. The predicted molar refractivity (Wildman–Crippen MR) is 90.8 cm³/mol. The number of fused-ring (bicyclic) bond motifs is 1. The van der Waals surface area contributed by atoms with Crippen molar-refractivity contribution in [3.63, 3.8) is 0 Å². The maximum Gasteiger partial charge on any atom is 0.330 e. The highest BCUT2D eigenvalue weighted by molar-refractivity contribution is 5.95. The maximum atomic E-state index is 12.5. The van der Waals surface area contributed by atoms with E-state index in [1.165, 1.54) is 0 Å². The van der Waals surface area contributed by atoms with Gasteiger partial charge < -0.3 is 15.2 Å². The smallest absolute Gasteiger partial charge is 0.330 e. The van der Waals surface area contributed by atoms with Crippen molar-refractivity contribution >= 4 is 11.9 Å². The molecule has 25 heavy (non-hydrogen) atoms. The fourth-order valence-corrected chi connectivity index (χ4v) is 3.01. The molecule has 0 fully saturated rings. The Morgan fingerprint density at radius 3 is 2.72 bits per heavy atom. The van der Waals surface area contributed by atoms with Crippen LogP contribution in [0.4, 0.5) is 0 Å². The number of nitrogens with one attached hydrogen (secondary N) is 1. The Morgan fingerprint density at radius 1 is 1.32 bits per heavy atom. The number of benzene rings is 1. The van der Waals surface area contributed by atoms with Crippen molar-refractivity contribution in [2.24, 2.45) is 7.05 Å². The van der Waals surface area contributed by atoms with Gasteiger partial charge in [-0.3, -0.25) is 9.48 Å². The minimum Gasteiger partial charge on any atom is -0.493 e. The first-order valence-corrected chi connectivity index (χ1v) is 8.20. The van der Waals surface area contributed by atoms with Gasteiger partial charge in [-0.15, -0.1) is 0 Å². The lowest BCUT2D eigenvalue weighted by Crippen LogP contribution is -2.34. The third-order valence-corrected chi connectivity index (χ3v) is 4.31. The van der Waals surface area contributed by atoms with Crippen molar-refractivity contribution in [2.75, 3.05) is 6.61 Å². The first kappa shape index (κ1) is 17.0. The van der Waals surface area contributed by atoms with Crippen LogP contribution in [0.15, 0.2) is 24.3 Å². The molecule has 0 bridgehead atoms. The highest BCUT2D eigenvalue weighted by Crippen LogP contribution is 2.28. The number of hydrogen-bond acceptors (Lipinski definition) is 4. The van der Waals surface area contributed by atoms with E-state index in [1.807, 2.05) is 13.8 Å². The zero-order chi connectivity index (χ0) is 18.1. The molecule has 0 radical (unpaired) electrons. The summed E-state index contributed by atoms with van der Waals surface area (Å²) in [6, 6.07) is 5.75. The molecule has 2 N–H and O–H groups in total. The number of hydrogen-bond donors (Lipinski definition) is 2. The monoisotopic (exact) mass is 343 g/mol. The quantitative estimate of drug-likeness (QED) is 0.866. The standard InChI is InChI=1S/C18H21N3O4/c1-10(2)14-9-13(20-21(14)3)17(22)19-16(18(23)24)12-4-5-15-11(8-12)6-7-25-15/h4-5,8-10,16H,6-7H2,1-3H3,(H,19,22)(H,23,24)/t16-/m0/s1. The van der Waals surface area contributed by atoms with Gasteiger partial charge in [0.05, 0.1) is 6.61 Å². The molecule has 1 aliphatic heterocycles. The predicted octanol–water partition coefficient (Wildman–Crippen LogP) is 2.03. The second-order valence-corrected chi connectivity index (χ2v) is 6.44. The number of carbonyl (C=O) groups excluding carboxylic acids is 1.